The standard InChI is InChI=1S/C22H32O3/c1-2-21(23)19-17-15-13-11-9-7-5-3-4-6-8-10-12-14-16-18-20-22(24)25/h3-8,10,12,14,16,18,20-21,23H,2,9,11,13,15,17,19H2,1H3,(H,24,25). The molecule has 0 spiro atoms. The van der Waals surface area contributed by atoms with Crippen LogP contribution < -0.4 is 0 Å². The van der Waals surface area contributed by atoms with Gasteiger partial charge in [0.1, 0.15) is 0 Å². The summed E-state index contributed by atoms with van der Waals surface area (Å²) in [6, 6.07) is 0. The maximum absolute atomic E-state index is 10.2. The Balaban J connectivity index is 3.60. The third-order valence-electron chi connectivity index (χ3n) is 3.50. The summed E-state index contributed by atoms with van der Waals surface area (Å²) in [7, 11) is 0. The molecule has 0 aromatic carbocycles. The van der Waals surface area contributed by atoms with E-state index in [0.717, 1.165) is 31.8 Å². The number of hydrogen-bond donors (Lipinski definition) is 2. The third-order valence-corrected chi connectivity index (χ3v) is 3.50. The van der Waals surface area contributed by atoms with E-state index in [9.17, 15) is 9.90 Å². The van der Waals surface area contributed by atoms with Crippen LogP contribution in [0.1, 0.15) is 51.9 Å². The molecule has 0 aliphatic rings. The average Bonchev–Trinajstić information content (AvgIpc) is 2.60. The molecule has 0 saturated heterocycles. The zero-order valence-corrected chi connectivity index (χ0v) is 15.3. The number of hydrogen-bond acceptors (Lipinski definition) is 2. The highest BCUT2D eigenvalue weighted by Crippen LogP contribution is 2.09. The van der Waals surface area contributed by atoms with Crippen molar-refractivity contribution in [2.45, 2.75) is 58.0 Å². The van der Waals surface area contributed by atoms with Gasteiger partial charge in [0.15, 0.2) is 0 Å². The molecule has 0 aliphatic heterocycles. The van der Waals surface area contributed by atoms with Crippen molar-refractivity contribution in [3.8, 4) is 0 Å². The first-order chi connectivity index (χ1) is 12.2. The highest BCUT2D eigenvalue weighted by atomic mass is 16.4. The largest absolute Gasteiger partial charge is 0.478 e. The number of unbranched alkanes of at least 4 members (excludes halogenated alkanes) is 4. The molecule has 25 heavy (non-hydrogen) atoms. The maximum atomic E-state index is 10.2. The highest BCUT2D eigenvalue weighted by Gasteiger charge is 1.98. The lowest BCUT2D eigenvalue weighted by molar-refractivity contribution is -0.131. The summed E-state index contributed by atoms with van der Waals surface area (Å²) in [6.45, 7) is 2.02. The van der Waals surface area contributed by atoms with E-state index in [2.05, 4.69) is 12.2 Å². The molecule has 3 nitrogen and oxygen atoms in total. The van der Waals surface area contributed by atoms with Crippen molar-refractivity contribution in [2.75, 3.05) is 0 Å². The van der Waals surface area contributed by atoms with Crippen LogP contribution in [0.2, 0.25) is 0 Å². The second kappa shape index (κ2) is 18.2. The molecular formula is C22H32O3. The van der Waals surface area contributed by atoms with Crippen LogP contribution in [0, 0.1) is 0 Å². The molecule has 0 rings (SSSR count). The number of carboxylic acids is 1. The lowest BCUT2D eigenvalue weighted by atomic mass is 10.1. The summed E-state index contributed by atoms with van der Waals surface area (Å²) >= 11 is 0. The summed E-state index contributed by atoms with van der Waals surface area (Å²) in [6.07, 6.45) is 29.4. The molecule has 1 atom stereocenters. The second-order valence-electron chi connectivity index (χ2n) is 5.72. The van der Waals surface area contributed by atoms with Gasteiger partial charge in [-0.05, 0) is 25.7 Å². The molecule has 0 aromatic heterocycles. The van der Waals surface area contributed by atoms with Crippen LogP contribution in [0.4, 0.5) is 0 Å². The molecule has 0 bridgehead atoms. The number of aliphatic hydroxyl groups excluding tert-OH is 1. The van der Waals surface area contributed by atoms with Crippen LogP contribution in [-0.4, -0.2) is 22.3 Å². The molecule has 0 aliphatic carbocycles. The smallest absolute Gasteiger partial charge is 0.328 e. The van der Waals surface area contributed by atoms with Crippen molar-refractivity contribution in [3.05, 3.63) is 72.9 Å². The van der Waals surface area contributed by atoms with Crippen molar-refractivity contribution < 1.29 is 15.0 Å². The lowest BCUT2D eigenvalue weighted by Gasteiger charge is -2.06. The van der Waals surface area contributed by atoms with Gasteiger partial charge in [-0.1, -0.05) is 93.0 Å². The molecule has 0 radical (unpaired) electrons. The molecular weight excluding hydrogens is 312 g/mol. The number of carboxylic acid groups (broad SMARTS) is 1. The molecule has 0 fully saturated rings. The minimum atomic E-state index is -0.946. The van der Waals surface area contributed by atoms with Crippen molar-refractivity contribution in [1.82, 2.24) is 0 Å². The Labute approximate surface area is 152 Å². The summed E-state index contributed by atoms with van der Waals surface area (Å²) in [5.41, 5.74) is 0. The maximum Gasteiger partial charge on any atom is 0.328 e. The van der Waals surface area contributed by atoms with Gasteiger partial charge in [-0.15, -0.1) is 0 Å². The molecule has 1 unspecified atom stereocenters. The monoisotopic (exact) mass is 344 g/mol. The van der Waals surface area contributed by atoms with Gasteiger partial charge >= 0.3 is 5.97 Å². The third kappa shape index (κ3) is 19.8. The van der Waals surface area contributed by atoms with Gasteiger partial charge in [0.2, 0.25) is 0 Å². The number of rotatable bonds is 14. The van der Waals surface area contributed by atoms with Gasteiger partial charge in [0, 0.05) is 6.08 Å². The van der Waals surface area contributed by atoms with Crippen LogP contribution >= 0.6 is 0 Å². The number of carbonyl (C=O) groups is 1. The Bertz CT molecular complexity index is 493. The quantitative estimate of drug-likeness (QED) is 0.248. The molecule has 0 heterocycles. The number of aliphatic carboxylic acids is 1. The van der Waals surface area contributed by atoms with E-state index in [1.54, 1.807) is 12.2 Å². The predicted molar refractivity (Wildman–Crippen MR) is 106 cm³/mol. The summed E-state index contributed by atoms with van der Waals surface area (Å²) in [5.74, 6) is -0.946. The molecule has 0 amide bonds. The first kappa shape index (κ1) is 22.9. The Morgan fingerprint density at radius 1 is 0.800 bits per heavy atom. The normalized spacial score (nSPS) is 14.3. The van der Waals surface area contributed by atoms with Gasteiger partial charge in [0.05, 0.1) is 6.10 Å². The van der Waals surface area contributed by atoms with E-state index in [0.29, 0.717) is 0 Å². The zero-order chi connectivity index (χ0) is 18.6. The summed E-state index contributed by atoms with van der Waals surface area (Å²) in [5, 5.41) is 17.8. The van der Waals surface area contributed by atoms with E-state index >= 15 is 0 Å². The van der Waals surface area contributed by atoms with Gasteiger partial charge in [0.25, 0.3) is 0 Å². The number of aliphatic hydroxyl groups is 1. The van der Waals surface area contributed by atoms with E-state index < -0.39 is 5.97 Å². The molecule has 0 saturated carbocycles. The Kier molecular flexibility index (Phi) is 16.7. The van der Waals surface area contributed by atoms with Crippen molar-refractivity contribution in [1.29, 1.82) is 0 Å². The lowest BCUT2D eigenvalue weighted by Crippen LogP contribution is -2.03. The van der Waals surface area contributed by atoms with Gasteiger partial charge in [-0.25, -0.2) is 4.79 Å². The first-order valence-corrected chi connectivity index (χ1v) is 9.07. The fourth-order valence-electron chi connectivity index (χ4n) is 2.03. The minimum Gasteiger partial charge on any atom is -0.478 e. The van der Waals surface area contributed by atoms with E-state index in [4.69, 9.17) is 5.11 Å². The Morgan fingerprint density at radius 3 is 1.88 bits per heavy atom. The van der Waals surface area contributed by atoms with Gasteiger partial charge < -0.3 is 10.2 Å². The average molecular weight is 344 g/mol. The Morgan fingerprint density at radius 2 is 1.32 bits per heavy atom. The van der Waals surface area contributed by atoms with E-state index in [1.165, 1.54) is 25.3 Å². The topological polar surface area (TPSA) is 57.5 Å². The first-order valence-electron chi connectivity index (χ1n) is 9.07. The predicted octanol–water partition coefficient (Wildman–Crippen LogP) is 5.52. The highest BCUT2D eigenvalue weighted by molar-refractivity contribution is 5.80. The van der Waals surface area contributed by atoms with Gasteiger partial charge in [-0.3, -0.25) is 0 Å². The fraction of sp³-hybridized carbons (Fsp3) is 0.409. The van der Waals surface area contributed by atoms with Gasteiger partial charge in [-0.2, -0.15) is 0 Å². The summed E-state index contributed by atoms with van der Waals surface area (Å²) in [4.78, 5) is 10.2. The zero-order valence-electron chi connectivity index (χ0n) is 15.3. The van der Waals surface area contributed by atoms with Crippen molar-refractivity contribution in [3.63, 3.8) is 0 Å². The molecule has 3 heteroatoms. The van der Waals surface area contributed by atoms with Crippen molar-refractivity contribution >= 4 is 5.97 Å². The van der Waals surface area contributed by atoms with E-state index in [-0.39, 0.29) is 6.10 Å². The molecule has 0 aromatic rings. The molecule has 138 valence electrons. The Hall–Kier alpha value is -2.13. The number of allylic oxidation sites excluding steroid dienone is 11. The fourth-order valence-corrected chi connectivity index (χ4v) is 2.03. The second-order valence-corrected chi connectivity index (χ2v) is 5.72. The van der Waals surface area contributed by atoms with Crippen LogP contribution in [0.15, 0.2) is 72.9 Å². The van der Waals surface area contributed by atoms with E-state index in [1.807, 2.05) is 43.4 Å². The van der Waals surface area contributed by atoms with Crippen molar-refractivity contribution in [2.24, 2.45) is 0 Å². The SMILES string of the molecule is CCC(O)CCCCCCC=CC=CC=CC=CC=CC=CC(=O)O. The van der Waals surface area contributed by atoms with Crippen LogP contribution in [0.25, 0.3) is 0 Å². The minimum absolute atomic E-state index is 0.113. The van der Waals surface area contributed by atoms with Crippen LogP contribution in [-0.2, 0) is 4.79 Å². The molecule has 2 N–H and O–H groups in total. The van der Waals surface area contributed by atoms with Crippen LogP contribution in [0.5, 0.6) is 0 Å². The van der Waals surface area contributed by atoms with Crippen LogP contribution in [0.3, 0.4) is 0 Å². The summed E-state index contributed by atoms with van der Waals surface area (Å²) < 4.78 is 0.